The minimum atomic E-state index is 0.0303. The van der Waals surface area contributed by atoms with E-state index in [9.17, 15) is 0 Å². The molecule has 0 spiro atoms. The van der Waals surface area contributed by atoms with E-state index >= 15 is 0 Å². The van der Waals surface area contributed by atoms with E-state index in [2.05, 4.69) is 16.0 Å². The zero-order valence-electron chi connectivity index (χ0n) is 9.73. The fraction of sp³-hybridized carbons (Fsp3) is 0.333. The van der Waals surface area contributed by atoms with Crippen molar-refractivity contribution in [3.63, 3.8) is 0 Å². The summed E-state index contributed by atoms with van der Waals surface area (Å²) < 4.78 is 5.15. The number of imidazole rings is 1. The first-order valence-electron chi connectivity index (χ1n) is 5.29. The third-order valence-electron chi connectivity index (χ3n) is 2.36. The van der Waals surface area contributed by atoms with Gasteiger partial charge in [-0.15, -0.1) is 0 Å². The molecule has 0 aliphatic heterocycles. The molecule has 17 heavy (non-hydrogen) atoms. The van der Waals surface area contributed by atoms with E-state index in [1.54, 1.807) is 18.9 Å². The molecule has 1 atom stereocenters. The fourth-order valence-corrected chi connectivity index (χ4v) is 2.23. The van der Waals surface area contributed by atoms with Crippen LogP contribution in [0.15, 0.2) is 23.4 Å². The number of aromatic nitrogens is 2. The van der Waals surface area contributed by atoms with Crippen molar-refractivity contribution in [1.82, 2.24) is 9.97 Å². The van der Waals surface area contributed by atoms with E-state index in [1.165, 1.54) is 0 Å². The number of benzene rings is 1. The number of rotatable bonds is 4. The maximum absolute atomic E-state index is 8.71. The minimum absolute atomic E-state index is 0.0303. The molecule has 2 rings (SSSR count). The number of hydrogen-bond donors (Lipinski definition) is 1. The third-order valence-corrected chi connectivity index (χ3v) is 3.49. The van der Waals surface area contributed by atoms with E-state index in [0.29, 0.717) is 0 Å². The smallest absolute Gasteiger partial charge is 0.166 e. The molecule has 0 aliphatic rings. The molecule has 5 heteroatoms. The zero-order valence-corrected chi connectivity index (χ0v) is 10.5. The monoisotopic (exact) mass is 247 g/mol. The van der Waals surface area contributed by atoms with Gasteiger partial charge >= 0.3 is 0 Å². The Morgan fingerprint density at radius 3 is 3.12 bits per heavy atom. The number of thioether (sulfide) groups is 1. The van der Waals surface area contributed by atoms with Crippen molar-refractivity contribution >= 4 is 22.8 Å². The van der Waals surface area contributed by atoms with Gasteiger partial charge in [0.2, 0.25) is 0 Å². The van der Waals surface area contributed by atoms with Crippen LogP contribution in [0.2, 0.25) is 0 Å². The topological polar surface area (TPSA) is 61.7 Å². The Bertz CT molecular complexity index is 558. The van der Waals surface area contributed by atoms with Gasteiger partial charge in [-0.05, 0) is 19.1 Å². The molecule has 4 nitrogen and oxygen atoms in total. The Balaban J connectivity index is 2.17. The highest BCUT2D eigenvalue weighted by atomic mass is 32.2. The Hall–Kier alpha value is -1.67. The molecule has 0 radical (unpaired) electrons. The number of nitriles is 1. The van der Waals surface area contributed by atoms with Crippen LogP contribution in [0.5, 0.6) is 5.75 Å². The number of nitrogens with zero attached hydrogens (tertiary/aromatic N) is 2. The number of hydrogen-bond acceptors (Lipinski definition) is 4. The summed E-state index contributed by atoms with van der Waals surface area (Å²) in [5.74, 6) is 1.58. The van der Waals surface area contributed by atoms with Gasteiger partial charge < -0.3 is 9.72 Å². The van der Waals surface area contributed by atoms with Crippen LogP contribution in [0.25, 0.3) is 11.0 Å². The van der Waals surface area contributed by atoms with Crippen LogP contribution in [0, 0.1) is 17.2 Å². The second-order valence-corrected chi connectivity index (χ2v) is 4.77. The third kappa shape index (κ3) is 2.71. The molecule has 88 valence electrons. The average Bonchev–Trinajstić information content (AvgIpc) is 2.77. The van der Waals surface area contributed by atoms with Crippen molar-refractivity contribution in [3.05, 3.63) is 18.2 Å². The molecule has 0 bridgehead atoms. The van der Waals surface area contributed by atoms with Crippen molar-refractivity contribution in [2.75, 3.05) is 12.9 Å². The van der Waals surface area contributed by atoms with Crippen molar-refractivity contribution in [1.29, 1.82) is 5.26 Å². The van der Waals surface area contributed by atoms with E-state index in [1.807, 2.05) is 25.1 Å². The van der Waals surface area contributed by atoms with Crippen LogP contribution in [0.4, 0.5) is 0 Å². The Labute approximate surface area is 104 Å². The molecule has 1 unspecified atom stereocenters. The summed E-state index contributed by atoms with van der Waals surface area (Å²) in [6.45, 7) is 1.90. The van der Waals surface area contributed by atoms with Gasteiger partial charge in [0.05, 0.1) is 30.1 Å². The summed E-state index contributed by atoms with van der Waals surface area (Å²) in [4.78, 5) is 7.65. The molecule has 0 saturated carbocycles. The number of nitrogens with one attached hydrogen (secondary N) is 1. The molecule has 0 aliphatic carbocycles. The van der Waals surface area contributed by atoms with Crippen LogP contribution in [-0.2, 0) is 0 Å². The van der Waals surface area contributed by atoms with Crippen LogP contribution in [-0.4, -0.2) is 22.8 Å². The molecule has 1 heterocycles. The lowest BCUT2D eigenvalue weighted by Crippen LogP contribution is -1.93. The lowest BCUT2D eigenvalue weighted by Gasteiger charge is -1.97. The van der Waals surface area contributed by atoms with Crippen molar-refractivity contribution in [3.8, 4) is 11.8 Å². The van der Waals surface area contributed by atoms with Gasteiger partial charge in [-0.1, -0.05) is 11.8 Å². The molecule has 0 amide bonds. The maximum atomic E-state index is 8.71. The summed E-state index contributed by atoms with van der Waals surface area (Å²) in [6.07, 6.45) is 0. The largest absolute Gasteiger partial charge is 0.497 e. The summed E-state index contributed by atoms with van der Waals surface area (Å²) in [5, 5.41) is 9.55. The Morgan fingerprint density at radius 2 is 2.41 bits per heavy atom. The quantitative estimate of drug-likeness (QED) is 0.844. The fourth-order valence-electron chi connectivity index (χ4n) is 1.40. The van der Waals surface area contributed by atoms with Gasteiger partial charge in [0, 0.05) is 11.8 Å². The van der Waals surface area contributed by atoms with Crippen LogP contribution < -0.4 is 4.74 Å². The second kappa shape index (κ2) is 5.11. The van der Waals surface area contributed by atoms with Crippen molar-refractivity contribution in [2.24, 2.45) is 5.92 Å². The van der Waals surface area contributed by atoms with Crippen LogP contribution in [0.3, 0.4) is 0 Å². The first-order valence-corrected chi connectivity index (χ1v) is 6.27. The van der Waals surface area contributed by atoms with Gasteiger partial charge in [-0.3, -0.25) is 0 Å². The van der Waals surface area contributed by atoms with E-state index in [-0.39, 0.29) is 5.92 Å². The number of H-pyrrole nitrogens is 1. The molecular weight excluding hydrogens is 234 g/mol. The van der Waals surface area contributed by atoms with Gasteiger partial charge in [0.15, 0.2) is 5.16 Å². The van der Waals surface area contributed by atoms with E-state index in [0.717, 1.165) is 27.7 Å². The lowest BCUT2D eigenvalue weighted by molar-refractivity contribution is 0.415. The average molecular weight is 247 g/mol. The second-order valence-electron chi connectivity index (χ2n) is 3.77. The predicted molar refractivity (Wildman–Crippen MR) is 68.1 cm³/mol. The summed E-state index contributed by atoms with van der Waals surface area (Å²) in [7, 11) is 1.64. The highest BCUT2D eigenvalue weighted by Crippen LogP contribution is 2.24. The number of fused-ring (bicyclic) bond motifs is 1. The molecular formula is C12H13N3OS. The zero-order chi connectivity index (χ0) is 12.3. The molecule has 1 aromatic heterocycles. The van der Waals surface area contributed by atoms with Gasteiger partial charge in [0.25, 0.3) is 0 Å². The van der Waals surface area contributed by atoms with Crippen LogP contribution >= 0.6 is 11.8 Å². The number of aromatic amines is 1. The van der Waals surface area contributed by atoms with E-state index < -0.39 is 0 Å². The number of ether oxygens (including phenoxy) is 1. The first kappa shape index (κ1) is 11.8. The highest BCUT2D eigenvalue weighted by molar-refractivity contribution is 7.99. The first-order chi connectivity index (χ1) is 8.22. The summed E-state index contributed by atoms with van der Waals surface area (Å²) in [6, 6.07) is 7.93. The molecule has 2 aromatic rings. The minimum Gasteiger partial charge on any atom is -0.497 e. The van der Waals surface area contributed by atoms with Crippen molar-refractivity contribution < 1.29 is 4.74 Å². The SMILES string of the molecule is COc1ccc2nc(SCC(C)C#N)[nH]c2c1. The number of methoxy groups -OCH3 is 1. The maximum Gasteiger partial charge on any atom is 0.166 e. The molecule has 1 N–H and O–H groups in total. The molecule has 1 aromatic carbocycles. The molecule has 0 saturated heterocycles. The Kier molecular flexibility index (Phi) is 3.55. The predicted octanol–water partition coefficient (Wildman–Crippen LogP) is 2.82. The van der Waals surface area contributed by atoms with Crippen LogP contribution in [0.1, 0.15) is 6.92 Å². The summed E-state index contributed by atoms with van der Waals surface area (Å²) >= 11 is 1.56. The Morgan fingerprint density at radius 1 is 1.59 bits per heavy atom. The standard InChI is InChI=1S/C12H13N3OS/c1-8(6-13)7-17-12-14-10-4-3-9(16-2)5-11(10)15-12/h3-5,8H,7H2,1-2H3,(H,14,15). The lowest BCUT2D eigenvalue weighted by atomic mass is 10.3. The van der Waals surface area contributed by atoms with Gasteiger partial charge in [-0.25, -0.2) is 4.98 Å². The normalized spacial score (nSPS) is 12.3. The van der Waals surface area contributed by atoms with Gasteiger partial charge in [0.1, 0.15) is 5.75 Å². The van der Waals surface area contributed by atoms with Gasteiger partial charge in [-0.2, -0.15) is 5.26 Å². The van der Waals surface area contributed by atoms with Crippen molar-refractivity contribution in [2.45, 2.75) is 12.1 Å². The molecule has 0 fully saturated rings. The summed E-state index contributed by atoms with van der Waals surface area (Å²) in [5.41, 5.74) is 1.87. The van der Waals surface area contributed by atoms with E-state index in [4.69, 9.17) is 10.00 Å². The highest BCUT2D eigenvalue weighted by Gasteiger charge is 2.06.